The van der Waals surface area contributed by atoms with Crippen molar-refractivity contribution in [1.82, 2.24) is 9.88 Å². The van der Waals surface area contributed by atoms with E-state index in [2.05, 4.69) is 37.1 Å². The lowest BCUT2D eigenvalue weighted by atomic mass is 10.1. The first-order valence-corrected chi connectivity index (χ1v) is 11.2. The monoisotopic (exact) mass is 353 g/mol. The summed E-state index contributed by atoms with van der Waals surface area (Å²) in [4.78, 5) is 22.4. The Morgan fingerprint density at radius 3 is 2.58 bits per heavy atom. The predicted molar refractivity (Wildman–Crippen MR) is 96.6 cm³/mol. The van der Waals surface area contributed by atoms with Crippen LogP contribution in [0.5, 0.6) is 0 Å². The molecule has 1 unspecified atom stereocenters. The summed E-state index contributed by atoms with van der Waals surface area (Å²) in [7, 11) is 2.78. The number of para-hydroxylation sites is 1. The average Bonchev–Trinajstić information content (AvgIpc) is 2.51. The van der Waals surface area contributed by atoms with E-state index in [1.54, 1.807) is 25.1 Å². The first-order chi connectivity index (χ1) is 11.1. The molecule has 1 aromatic rings. The van der Waals surface area contributed by atoms with Gasteiger partial charge in [-0.25, -0.2) is 4.79 Å². The summed E-state index contributed by atoms with van der Waals surface area (Å²) >= 11 is 0. The molecule has 134 valence electrons. The number of hydrogen-bond acceptors (Lipinski definition) is 5. The maximum atomic E-state index is 11.9. The predicted octanol–water partition coefficient (Wildman–Crippen LogP) is 3.54. The summed E-state index contributed by atoms with van der Waals surface area (Å²) in [6.07, 6.45) is -0.351. The maximum Gasteiger partial charge on any atom is 0.407 e. The third-order valence-corrected chi connectivity index (χ3v) is 8.30. The Morgan fingerprint density at radius 2 is 2.00 bits per heavy atom. The van der Waals surface area contributed by atoms with Gasteiger partial charge in [0.2, 0.25) is 0 Å². The number of benzene rings is 1. The second kappa shape index (κ2) is 8.79. The zero-order chi connectivity index (χ0) is 18.3. The van der Waals surface area contributed by atoms with Gasteiger partial charge in [0.25, 0.3) is 5.69 Å². The molecule has 8 heteroatoms. The minimum Gasteiger partial charge on any atom is -0.441 e. The van der Waals surface area contributed by atoms with Crippen LogP contribution in [-0.2, 0) is 4.74 Å². The quantitative estimate of drug-likeness (QED) is 0.334. The van der Waals surface area contributed by atoms with Crippen molar-refractivity contribution in [2.75, 3.05) is 20.6 Å². The van der Waals surface area contributed by atoms with E-state index < -0.39 is 25.4 Å². The van der Waals surface area contributed by atoms with Crippen molar-refractivity contribution in [3.05, 3.63) is 39.9 Å². The number of carbonyl (C=O) groups excluding carboxylic acids is 1. The Hall–Kier alpha value is -1.93. The molecule has 1 aromatic carbocycles. The van der Waals surface area contributed by atoms with E-state index in [1.807, 2.05) is 0 Å². The van der Waals surface area contributed by atoms with Gasteiger partial charge in [-0.15, -0.1) is 0 Å². The Morgan fingerprint density at radius 1 is 1.38 bits per heavy atom. The Bertz CT molecular complexity index is 578. The number of rotatable bonds is 8. The van der Waals surface area contributed by atoms with Gasteiger partial charge in [-0.05, 0) is 39.6 Å². The van der Waals surface area contributed by atoms with Crippen LogP contribution in [0.1, 0.15) is 25.0 Å². The smallest absolute Gasteiger partial charge is 0.407 e. The van der Waals surface area contributed by atoms with Crippen molar-refractivity contribution >= 4 is 20.0 Å². The van der Waals surface area contributed by atoms with Gasteiger partial charge in [-0.1, -0.05) is 25.2 Å². The lowest BCUT2D eigenvalue weighted by Gasteiger charge is -2.30. The Balaban J connectivity index is 2.47. The highest BCUT2D eigenvalue weighted by Gasteiger charge is 2.23. The van der Waals surface area contributed by atoms with Crippen LogP contribution in [0, 0.1) is 10.1 Å². The van der Waals surface area contributed by atoms with Crippen molar-refractivity contribution in [1.29, 1.82) is 0 Å². The molecule has 0 aliphatic rings. The molecular weight excluding hydrogens is 326 g/mol. The summed E-state index contributed by atoms with van der Waals surface area (Å²) < 4.78 is 7.53. The van der Waals surface area contributed by atoms with Crippen molar-refractivity contribution in [3.8, 4) is 0 Å². The van der Waals surface area contributed by atoms with E-state index in [-0.39, 0.29) is 5.69 Å². The van der Waals surface area contributed by atoms with Crippen LogP contribution < -0.4 is 5.32 Å². The molecule has 0 spiro atoms. The molecule has 0 aliphatic carbocycles. The number of hydrogen-bond donors (Lipinski definition) is 1. The largest absolute Gasteiger partial charge is 0.441 e. The molecule has 1 rings (SSSR count). The Kier molecular flexibility index (Phi) is 7.37. The lowest BCUT2D eigenvalue weighted by molar-refractivity contribution is -0.386. The molecule has 7 nitrogen and oxygen atoms in total. The zero-order valence-electron chi connectivity index (χ0n) is 15.0. The molecule has 1 N–H and O–H groups in total. The highest BCUT2D eigenvalue weighted by Crippen LogP contribution is 2.26. The van der Waals surface area contributed by atoms with Crippen LogP contribution in [0.25, 0.3) is 0 Å². The number of nitrogens with one attached hydrogen (secondary N) is 1. The number of carbonyl (C=O) groups is 1. The average molecular weight is 353 g/mol. The fourth-order valence-corrected chi connectivity index (χ4v) is 3.69. The van der Waals surface area contributed by atoms with Crippen LogP contribution in [-0.4, -0.2) is 44.5 Å². The molecule has 0 fully saturated rings. The fourth-order valence-electron chi connectivity index (χ4n) is 2.20. The molecular formula is C16H27N3O4Si. The van der Waals surface area contributed by atoms with E-state index in [0.29, 0.717) is 12.1 Å². The number of alkyl carbamates (subject to hydrolysis) is 1. The first-order valence-electron chi connectivity index (χ1n) is 8.00. The normalized spacial score (nSPS) is 12.8. The zero-order valence-corrected chi connectivity index (χ0v) is 16.0. The highest BCUT2D eigenvalue weighted by atomic mass is 28.3. The van der Waals surface area contributed by atoms with E-state index in [4.69, 9.17) is 4.74 Å². The number of ether oxygens (including phenoxy) is 1. The standard InChI is InChI=1S/C16H27N3O4Si/c1-13(14-9-6-7-10-15(14)19(21)22)23-16(20)17-11-8-12-24(4,5)18(2)3/h6-7,9-10,13H,8,11-12H2,1-5H3,(H,17,20). The van der Waals surface area contributed by atoms with Crippen LogP contribution in [0.2, 0.25) is 19.1 Å². The number of nitro groups is 1. The molecule has 24 heavy (non-hydrogen) atoms. The summed E-state index contributed by atoms with van der Waals surface area (Å²) in [5.74, 6) is 0. The van der Waals surface area contributed by atoms with Gasteiger partial charge in [-0.2, -0.15) is 0 Å². The van der Waals surface area contributed by atoms with E-state index in [0.717, 1.165) is 12.5 Å². The van der Waals surface area contributed by atoms with Crippen molar-refractivity contribution in [2.45, 2.75) is 38.6 Å². The van der Waals surface area contributed by atoms with Crippen molar-refractivity contribution in [2.24, 2.45) is 0 Å². The molecule has 0 heterocycles. The van der Waals surface area contributed by atoms with Gasteiger partial charge >= 0.3 is 6.09 Å². The number of nitrogens with zero attached hydrogens (tertiary/aromatic N) is 2. The molecule has 0 bridgehead atoms. The summed E-state index contributed by atoms with van der Waals surface area (Å²) in [6.45, 7) is 6.72. The first kappa shape index (κ1) is 20.1. The maximum absolute atomic E-state index is 11.9. The minimum atomic E-state index is -1.39. The van der Waals surface area contributed by atoms with Gasteiger partial charge in [0, 0.05) is 12.6 Å². The minimum absolute atomic E-state index is 0.0449. The molecule has 0 aromatic heterocycles. The second-order valence-corrected chi connectivity index (χ2v) is 11.6. The highest BCUT2D eigenvalue weighted by molar-refractivity contribution is 6.74. The van der Waals surface area contributed by atoms with Gasteiger partial charge in [0.1, 0.15) is 14.3 Å². The van der Waals surface area contributed by atoms with Gasteiger partial charge in [0.15, 0.2) is 0 Å². The molecule has 1 atom stereocenters. The number of amides is 1. The van der Waals surface area contributed by atoms with Gasteiger partial charge < -0.3 is 14.6 Å². The number of nitro benzene ring substituents is 1. The molecule has 0 saturated heterocycles. The molecule has 0 radical (unpaired) electrons. The van der Waals surface area contributed by atoms with Gasteiger partial charge in [0.05, 0.1) is 10.5 Å². The van der Waals surface area contributed by atoms with Crippen LogP contribution in [0.4, 0.5) is 10.5 Å². The summed E-state index contributed by atoms with van der Waals surface area (Å²) in [5.41, 5.74) is 0.343. The fraction of sp³-hybridized carbons (Fsp3) is 0.562. The molecule has 1 amide bonds. The van der Waals surface area contributed by atoms with E-state index in [1.165, 1.54) is 6.07 Å². The van der Waals surface area contributed by atoms with E-state index >= 15 is 0 Å². The van der Waals surface area contributed by atoms with E-state index in [9.17, 15) is 14.9 Å². The second-order valence-electron chi connectivity index (χ2n) is 6.60. The van der Waals surface area contributed by atoms with Crippen LogP contribution in [0.3, 0.4) is 0 Å². The lowest BCUT2D eigenvalue weighted by Crippen LogP contribution is -2.43. The van der Waals surface area contributed by atoms with Crippen molar-refractivity contribution in [3.63, 3.8) is 0 Å². The van der Waals surface area contributed by atoms with Crippen molar-refractivity contribution < 1.29 is 14.5 Å². The topological polar surface area (TPSA) is 84.7 Å². The summed E-state index contributed by atoms with van der Waals surface area (Å²) in [6, 6.07) is 7.35. The molecule has 0 saturated carbocycles. The Labute approximate surface area is 144 Å². The SMILES string of the molecule is CC(OC(=O)NCCC[Si](C)(C)N(C)C)c1ccccc1[N+](=O)[O-]. The van der Waals surface area contributed by atoms with Gasteiger partial charge in [-0.3, -0.25) is 10.1 Å². The third-order valence-electron chi connectivity index (χ3n) is 4.30. The van der Waals surface area contributed by atoms with Crippen LogP contribution in [0.15, 0.2) is 24.3 Å². The van der Waals surface area contributed by atoms with Crippen LogP contribution >= 0.6 is 0 Å². The molecule has 0 aliphatic heterocycles. The third kappa shape index (κ3) is 5.93. The summed E-state index contributed by atoms with van der Waals surface area (Å²) in [5, 5.41) is 13.7.